The minimum Gasteiger partial charge on any atom is -0.493 e. The monoisotopic (exact) mass is 324 g/mol. The Balaban J connectivity index is 2.09. The first-order valence-electron chi connectivity index (χ1n) is 7.24. The number of anilines is 1. The number of hydrogen-bond donors (Lipinski definition) is 1. The van der Waals surface area contributed by atoms with Crippen molar-refractivity contribution in [2.75, 3.05) is 45.3 Å². The van der Waals surface area contributed by atoms with Crippen LogP contribution in [0.25, 0.3) is 10.9 Å². The molecule has 3 rings (SSSR count). The molecule has 1 aliphatic rings. The third kappa shape index (κ3) is 3.12. The molecule has 1 aromatic heterocycles. The number of halogens is 2. The summed E-state index contributed by atoms with van der Waals surface area (Å²) in [7, 11) is 3.06. The number of nitrogens with zero attached hydrogens (tertiary/aromatic N) is 3. The Kier molecular flexibility index (Phi) is 4.16. The zero-order valence-electron chi connectivity index (χ0n) is 13.0. The van der Waals surface area contributed by atoms with Gasteiger partial charge in [-0.3, -0.25) is 0 Å². The highest BCUT2D eigenvalue weighted by Crippen LogP contribution is 2.35. The molecule has 0 saturated carbocycles. The van der Waals surface area contributed by atoms with Crippen LogP contribution in [0.4, 0.5) is 14.6 Å². The van der Waals surface area contributed by atoms with Gasteiger partial charge in [-0.1, -0.05) is 0 Å². The van der Waals surface area contributed by atoms with Crippen molar-refractivity contribution in [1.29, 1.82) is 0 Å². The number of rotatable bonds is 3. The lowest BCUT2D eigenvalue weighted by atomic mass is 10.2. The number of benzene rings is 1. The maximum absolute atomic E-state index is 13.9. The van der Waals surface area contributed by atoms with Crippen LogP contribution in [-0.2, 0) is 0 Å². The third-order valence-corrected chi connectivity index (χ3v) is 3.78. The van der Waals surface area contributed by atoms with E-state index in [2.05, 4.69) is 15.3 Å². The average molecular weight is 324 g/mol. The summed E-state index contributed by atoms with van der Waals surface area (Å²) in [6, 6.07) is 3.44. The maximum Gasteiger partial charge on any atom is 0.277 e. The Bertz CT molecular complexity index is 711. The van der Waals surface area contributed by atoms with E-state index in [1.165, 1.54) is 20.5 Å². The Labute approximate surface area is 132 Å². The van der Waals surface area contributed by atoms with Gasteiger partial charge in [0.15, 0.2) is 11.5 Å². The van der Waals surface area contributed by atoms with Crippen molar-refractivity contribution in [3.8, 4) is 11.5 Å². The molecule has 1 aromatic carbocycles. The van der Waals surface area contributed by atoms with Crippen LogP contribution in [0.3, 0.4) is 0 Å². The van der Waals surface area contributed by atoms with E-state index < -0.39 is 5.92 Å². The predicted molar refractivity (Wildman–Crippen MR) is 82.7 cm³/mol. The molecule has 8 heteroatoms. The Hall–Kier alpha value is -2.22. The van der Waals surface area contributed by atoms with Crippen LogP contribution in [0, 0.1) is 0 Å². The minimum atomic E-state index is -2.82. The lowest BCUT2D eigenvalue weighted by Crippen LogP contribution is -2.38. The van der Waals surface area contributed by atoms with Crippen molar-refractivity contribution in [1.82, 2.24) is 15.3 Å². The fraction of sp³-hybridized carbons (Fsp3) is 0.467. The van der Waals surface area contributed by atoms with E-state index in [-0.39, 0.29) is 13.1 Å². The van der Waals surface area contributed by atoms with Crippen LogP contribution in [-0.4, -0.2) is 56.3 Å². The standard InChI is InChI=1S/C15H18F2N4O2/c1-22-12-5-10-11(6-13(12)23-2)19-9-20-14(10)21-4-3-18-7-15(16,17)8-21/h5-6,9,18H,3-4,7-8H2,1-2H3. The summed E-state index contributed by atoms with van der Waals surface area (Å²) in [4.78, 5) is 10.0. The van der Waals surface area contributed by atoms with Gasteiger partial charge in [-0.2, -0.15) is 0 Å². The summed E-state index contributed by atoms with van der Waals surface area (Å²) in [5, 5.41) is 3.40. The quantitative estimate of drug-likeness (QED) is 0.927. The summed E-state index contributed by atoms with van der Waals surface area (Å²) in [6.07, 6.45) is 1.38. The van der Waals surface area contributed by atoms with Crippen molar-refractivity contribution in [3.63, 3.8) is 0 Å². The molecular formula is C15H18F2N4O2. The first-order valence-corrected chi connectivity index (χ1v) is 7.24. The molecule has 0 aliphatic carbocycles. The van der Waals surface area contributed by atoms with Gasteiger partial charge in [-0.25, -0.2) is 18.7 Å². The molecule has 2 aromatic rings. The molecule has 1 fully saturated rings. The maximum atomic E-state index is 13.9. The first-order chi connectivity index (χ1) is 11.0. The highest BCUT2D eigenvalue weighted by Gasteiger charge is 2.34. The number of fused-ring (bicyclic) bond motifs is 1. The number of alkyl halides is 2. The molecule has 6 nitrogen and oxygen atoms in total. The topological polar surface area (TPSA) is 59.5 Å². The molecule has 0 bridgehead atoms. The molecular weight excluding hydrogens is 306 g/mol. The van der Waals surface area contributed by atoms with Gasteiger partial charge in [0.1, 0.15) is 12.1 Å². The lowest BCUT2D eigenvalue weighted by molar-refractivity contribution is 0.0156. The molecule has 2 heterocycles. The molecule has 1 aliphatic heterocycles. The zero-order chi connectivity index (χ0) is 16.4. The third-order valence-electron chi connectivity index (χ3n) is 3.78. The Morgan fingerprint density at radius 2 is 1.91 bits per heavy atom. The van der Waals surface area contributed by atoms with Crippen LogP contribution in [0.5, 0.6) is 11.5 Å². The molecule has 1 N–H and O–H groups in total. The highest BCUT2D eigenvalue weighted by atomic mass is 19.3. The van der Waals surface area contributed by atoms with Crippen molar-refractivity contribution in [2.24, 2.45) is 0 Å². The van der Waals surface area contributed by atoms with E-state index in [4.69, 9.17) is 9.47 Å². The van der Waals surface area contributed by atoms with E-state index >= 15 is 0 Å². The second kappa shape index (κ2) is 6.11. The number of hydrogen-bond acceptors (Lipinski definition) is 6. The lowest BCUT2D eigenvalue weighted by Gasteiger charge is -2.25. The summed E-state index contributed by atoms with van der Waals surface area (Å²) in [6.45, 7) is 0.189. The van der Waals surface area contributed by atoms with Crippen LogP contribution in [0.15, 0.2) is 18.5 Å². The number of aromatic nitrogens is 2. The van der Waals surface area contributed by atoms with Crippen molar-refractivity contribution in [3.05, 3.63) is 18.5 Å². The largest absolute Gasteiger partial charge is 0.493 e. The van der Waals surface area contributed by atoms with Gasteiger partial charge in [0.25, 0.3) is 5.92 Å². The van der Waals surface area contributed by atoms with Crippen LogP contribution in [0.2, 0.25) is 0 Å². The van der Waals surface area contributed by atoms with Gasteiger partial charge in [-0.15, -0.1) is 0 Å². The molecule has 0 spiro atoms. The smallest absolute Gasteiger partial charge is 0.277 e. The fourth-order valence-electron chi connectivity index (χ4n) is 2.70. The number of nitrogens with one attached hydrogen (secondary N) is 1. The van der Waals surface area contributed by atoms with E-state index in [1.807, 2.05) is 0 Å². The average Bonchev–Trinajstić information content (AvgIpc) is 2.73. The minimum absolute atomic E-state index is 0.330. The molecule has 0 unspecified atom stereocenters. The molecule has 0 amide bonds. The fourth-order valence-corrected chi connectivity index (χ4v) is 2.70. The normalized spacial score (nSPS) is 17.8. The van der Waals surface area contributed by atoms with Gasteiger partial charge in [0, 0.05) is 24.5 Å². The van der Waals surface area contributed by atoms with Gasteiger partial charge in [0.05, 0.1) is 32.8 Å². The van der Waals surface area contributed by atoms with E-state index in [9.17, 15) is 8.78 Å². The van der Waals surface area contributed by atoms with E-state index in [1.54, 1.807) is 17.0 Å². The summed E-state index contributed by atoms with van der Waals surface area (Å²) >= 11 is 0. The molecule has 0 atom stereocenters. The van der Waals surface area contributed by atoms with Crippen LogP contribution < -0.4 is 19.7 Å². The molecule has 23 heavy (non-hydrogen) atoms. The molecule has 1 saturated heterocycles. The predicted octanol–water partition coefficient (Wildman–Crippen LogP) is 1.69. The van der Waals surface area contributed by atoms with Gasteiger partial charge < -0.3 is 19.7 Å². The van der Waals surface area contributed by atoms with Gasteiger partial charge in [0.2, 0.25) is 0 Å². The number of methoxy groups -OCH3 is 2. The van der Waals surface area contributed by atoms with Gasteiger partial charge >= 0.3 is 0 Å². The Morgan fingerprint density at radius 3 is 2.65 bits per heavy atom. The van der Waals surface area contributed by atoms with Crippen LogP contribution >= 0.6 is 0 Å². The van der Waals surface area contributed by atoms with Gasteiger partial charge in [-0.05, 0) is 6.07 Å². The molecule has 0 radical (unpaired) electrons. The van der Waals surface area contributed by atoms with E-state index in [0.717, 1.165) is 0 Å². The first kappa shape index (κ1) is 15.7. The zero-order valence-corrected chi connectivity index (χ0v) is 13.0. The van der Waals surface area contributed by atoms with Crippen molar-refractivity contribution >= 4 is 16.7 Å². The highest BCUT2D eigenvalue weighted by molar-refractivity contribution is 5.92. The SMILES string of the molecule is COc1cc2ncnc(N3CCNCC(F)(F)C3)c2cc1OC. The molecule has 124 valence electrons. The summed E-state index contributed by atoms with van der Waals surface area (Å²) in [5.41, 5.74) is 0.619. The van der Waals surface area contributed by atoms with Crippen molar-refractivity contribution in [2.45, 2.75) is 5.92 Å². The van der Waals surface area contributed by atoms with Crippen LogP contribution in [0.1, 0.15) is 0 Å². The summed E-state index contributed by atoms with van der Waals surface area (Å²) in [5.74, 6) is -1.30. The second-order valence-corrected chi connectivity index (χ2v) is 5.38. The van der Waals surface area contributed by atoms with E-state index in [0.29, 0.717) is 41.3 Å². The second-order valence-electron chi connectivity index (χ2n) is 5.38. The van der Waals surface area contributed by atoms with Crippen molar-refractivity contribution < 1.29 is 18.3 Å². The Morgan fingerprint density at radius 1 is 1.17 bits per heavy atom. The summed E-state index contributed by atoms with van der Waals surface area (Å²) < 4.78 is 38.3. The number of ether oxygens (including phenoxy) is 2.